The number of imide groups is 1. The minimum Gasteiger partial charge on any atom is -0.340 e. The zero-order chi connectivity index (χ0) is 25.2. The number of carbonyl (C=O) groups excluding carboxylic acids is 2. The van der Waals surface area contributed by atoms with Gasteiger partial charge in [-0.05, 0) is 66.9 Å². The zero-order valence-electron chi connectivity index (χ0n) is 19.7. The molecule has 0 saturated carbocycles. The summed E-state index contributed by atoms with van der Waals surface area (Å²) in [7, 11) is 0. The Bertz CT molecular complexity index is 1490. The lowest BCUT2D eigenvalue weighted by molar-refractivity contribution is -0.122. The first kappa shape index (κ1) is 24.7. The van der Waals surface area contributed by atoms with Gasteiger partial charge >= 0.3 is 0 Å². The second-order valence-electron chi connectivity index (χ2n) is 8.76. The summed E-state index contributed by atoms with van der Waals surface area (Å²) in [6.45, 7) is 3.00. The second-order valence-corrected chi connectivity index (χ2v) is 10.6. The first-order valence-corrected chi connectivity index (χ1v) is 13.3. The van der Waals surface area contributed by atoms with E-state index < -0.39 is 0 Å². The largest absolute Gasteiger partial charge is 0.340 e. The number of carbonyl (C=O) groups is 2. The van der Waals surface area contributed by atoms with Crippen molar-refractivity contribution in [2.75, 3.05) is 6.54 Å². The number of aromatic nitrogens is 1. The van der Waals surface area contributed by atoms with Crippen molar-refractivity contribution in [2.45, 2.75) is 26.3 Å². The van der Waals surface area contributed by atoms with Gasteiger partial charge in [-0.2, -0.15) is 0 Å². The highest BCUT2D eigenvalue weighted by atomic mass is 35.5. The summed E-state index contributed by atoms with van der Waals surface area (Å²) in [5.41, 5.74) is 5.12. The average Bonchev–Trinajstić information content (AvgIpc) is 3.29. The molecule has 0 N–H and O–H groups in total. The fraction of sp³-hybridized carbons (Fsp3) is 0.172. The Labute approximate surface area is 224 Å². The molecule has 0 radical (unpaired) electrons. The maximum atomic E-state index is 13.2. The molecular weight excluding hydrogens is 511 g/mol. The van der Waals surface area contributed by atoms with Gasteiger partial charge in [0.2, 0.25) is 0 Å². The van der Waals surface area contributed by atoms with Crippen molar-refractivity contribution in [1.29, 1.82) is 0 Å². The summed E-state index contributed by atoms with van der Waals surface area (Å²) in [5, 5.41) is 2.01. The lowest BCUT2D eigenvalue weighted by Gasteiger charge is -2.12. The Hall–Kier alpha value is -2.99. The Morgan fingerprint density at radius 1 is 0.944 bits per heavy atom. The monoisotopic (exact) mass is 534 g/mol. The van der Waals surface area contributed by atoms with Gasteiger partial charge in [0.05, 0.1) is 4.91 Å². The van der Waals surface area contributed by atoms with Crippen molar-refractivity contribution in [3.05, 3.63) is 110 Å². The molecule has 4 nitrogen and oxygen atoms in total. The van der Waals surface area contributed by atoms with Gasteiger partial charge in [-0.15, -0.1) is 0 Å². The van der Waals surface area contributed by atoms with E-state index in [1.54, 1.807) is 6.07 Å². The molecule has 1 saturated heterocycles. The summed E-state index contributed by atoms with van der Waals surface area (Å²) >= 11 is 13.6. The molecular formula is C29H24Cl2N2O2S. The Morgan fingerprint density at radius 3 is 2.47 bits per heavy atom. The fourth-order valence-corrected chi connectivity index (χ4v) is 5.89. The zero-order valence-corrected chi connectivity index (χ0v) is 22.0. The van der Waals surface area contributed by atoms with Gasteiger partial charge in [0.25, 0.3) is 11.1 Å². The van der Waals surface area contributed by atoms with Crippen LogP contribution in [0.5, 0.6) is 0 Å². The van der Waals surface area contributed by atoms with Gasteiger partial charge in [-0.25, -0.2) is 0 Å². The van der Waals surface area contributed by atoms with Crippen molar-refractivity contribution in [3.8, 4) is 0 Å². The number of hydrogen-bond acceptors (Lipinski definition) is 3. The molecule has 7 heteroatoms. The minimum absolute atomic E-state index is 0.214. The first-order chi connectivity index (χ1) is 17.4. The van der Waals surface area contributed by atoms with Gasteiger partial charge in [0, 0.05) is 45.3 Å². The third kappa shape index (κ3) is 4.96. The standard InChI is InChI=1S/C29H24Cl2N2O2S/c1-19-24(17-27-28(34)32(29(35)36-27)15-7-10-20-8-3-2-4-9-20)23-11-5-6-12-26(23)33(19)18-21-13-14-22(30)16-25(21)31/h2-6,8-9,11-14,16-17H,7,10,15,18H2,1H3/b27-17+. The summed E-state index contributed by atoms with van der Waals surface area (Å²) < 4.78 is 2.18. The maximum absolute atomic E-state index is 13.2. The third-order valence-corrected chi connectivity index (χ3v) is 7.96. The molecule has 2 heterocycles. The number of fused-ring (bicyclic) bond motifs is 1. The van der Waals surface area contributed by atoms with E-state index in [4.69, 9.17) is 23.2 Å². The second kappa shape index (κ2) is 10.6. The summed E-state index contributed by atoms with van der Waals surface area (Å²) in [4.78, 5) is 27.7. The molecule has 0 atom stereocenters. The number of para-hydroxylation sites is 1. The highest BCUT2D eigenvalue weighted by Crippen LogP contribution is 2.36. The Balaban J connectivity index is 1.42. The SMILES string of the molecule is Cc1c(/C=C2/SC(=O)N(CCCc3ccccc3)C2=O)c2ccccc2n1Cc1ccc(Cl)cc1Cl. The van der Waals surface area contributed by atoms with Crippen LogP contribution in [0.3, 0.4) is 0 Å². The van der Waals surface area contributed by atoms with E-state index in [0.717, 1.165) is 52.3 Å². The van der Waals surface area contributed by atoms with Gasteiger partial charge in [0.1, 0.15) is 0 Å². The molecule has 36 heavy (non-hydrogen) atoms. The molecule has 1 aromatic heterocycles. The van der Waals surface area contributed by atoms with Gasteiger partial charge in [-0.3, -0.25) is 14.5 Å². The van der Waals surface area contributed by atoms with Gasteiger partial charge in [0.15, 0.2) is 0 Å². The van der Waals surface area contributed by atoms with Crippen molar-refractivity contribution in [1.82, 2.24) is 9.47 Å². The van der Waals surface area contributed by atoms with Crippen LogP contribution in [0.25, 0.3) is 17.0 Å². The van der Waals surface area contributed by atoms with Crippen LogP contribution >= 0.6 is 35.0 Å². The number of nitrogens with zero attached hydrogens (tertiary/aromatic N) is 2. The minimum atomic E-state index is -0.227. The third-order valence-electron chi connectivity index (χ3n) is 6.46. The van der Waals surface area contributed by atoms with Crippen LogP contribution in [0.15, 0.2) is 77.7 Å². The molecule has 1 aliphatic rings. The quantitative estimate of drug-likeness (QED) is 0.226. The van der Waals surface area contributed by atoms with E-state index in [0.29, 0.717) is 28.0 Å². The lowest BCUT2D eigenvalue weighted by Crippen LogP contribution is -2.29. The molecule has 2 amide bonds. The van der Waals surface area contributed by atoms with Crippen molar-refractivity contribution >= 4 is 63.1 Å². The van der Waals surface area contributed by atoms with Crippen molar-refractivity contribution in [3.63, 3.8) is 0 Å². The highest BCUT2D eigenvalue weighted by molar-refractivity contribution is 8.18. The normalized spacial score (nSPS) is 15.0. The van der Waals surface area contributed by atoms with Gasteiger partial charge < -0.3 is 4.57 Å². The van der Waals surface area contributed by atoms with Crippen LogP contribution in [0, 0.1) is 6.92 Å². The number of aryl methyl sites for hydroxylation is 1. The predicted octanol–water partition coefficient (Wildman–Crippen LogP) is 7.97. The van der Waals surface area contributed by atoms with Crippen LogP contribution in [-0.2, 0) is 17.8 Å². The molecule has 0 aliphatic carbocycles. The summed E-state index contributed by atoms with van der Waals surface area (Å²) in [5.74, 6) is -0.227. The van der Waals surface area contributed by atoms with Gasteiger partial charge in [-0.1, -0.05) is 77.8 Å². The molecule has 1 fully saturated rings. The average molecular weight is 535 g/mol. The summed E-state index contributed by atoms with van der Waals surface area (Å²) in [6, 6.07) is 23.7. The number of benzene rings is 3. The van der Waals surface area contributed by atoms with Crippen molar-refractivity contribution < 1.29 is 9.59 Å². The maximum Gasteiger partial charge on any atom is 0.293 e. The number of thioether (sulfide) groups is 1. The number of rotatable bonds is 7. The molecule has 1 aliphatic heterocycles. The molecule has 182 valence electrons. The molecule has 3 aromatic carbocycles. The van der Waals surface area contributed by atoms with Crippen LogP contribution in [-0.4, -0.2) is 27.2 Å². The smallest absolute Gasteiger partial charge is 0.293 e. The number of halogens is 2. The van der Waals surface area contributed by atoms with Crippen LogP contribution in [0.1, 0.15) is 28.8 Å². The van der Waals surface area contributed by atoms with E-state index in [-0.39, 0.29) is 11.1 Å². The van der Waals surface area contributed by atoms with E-state index in [9.17, 15) is 9.59 Å². The molecule has 0 unspecified atom stereocenters. The van der Waals surface area contributed by atoms with Crippen LogP contribution in [0.2, 0.25) is 10.0 Å². The van der Waals surface area contributed by atoms with Crippen LogP contribution < -0.4 is 0 Å². The van der Waals surface area contributed by atoms with E-state index in [1.165, 1.54) is 10.5 Å². The van der Waals surface area contributed by atoms with Crippen molar-refractivity contribution in [2.24, 2.45) is 0 Å². The molecule has 0 bridgehead atoms. The predicted molar refractivity (Wildman–Crippen MR) is 150 cm³/mol. The fourth-order valence-electron chi connectivity index (χ4n) is 4.57. The number of amides is 2. The lowest BCUT2D eigenvalue weighted by atomic mass is 10.1. The molecule has 4 aromatic rings. The molecule has 0 spiro atoms. The first-order valence-electron chi connectivity index (χ1n) is 11.7. The van der Waals surface area contributed by atoms with E-state index in [2.05, 4.69) is 22.8 Å². The summed E-state index contributed by atoms with van der Waals surface area (Å²) in [6.07, 6.45) is 3.41. The Kier molecular flexibility index (Phi) is 7.24. The topological polar surface area (TPSA) is 42.3 Å². The van der Waals surface area contributed by atoms with E-state index in [1.807, 2.05) is 61.5 Å². The highest BCUT2D eigenvalue weighted by Gasteiger charge is 2.35. The van der Waals surface area contributed by atoms with Crippen LogP contribution in [0.4, 0.5) is 4.79 Å². The Morgan fingerprint density at radius 2 is 1.69 bits per heavy atom. The van der Waals surface area contributed by atoms with E-state index >= 15 is 0 Å². The number of hydrogen-bond donors (Lipinski definition) is 0. The molecule has 5 rings (SSSR count).